The normalized spacial score (nSPS) is 11.4. The first-order valence-corrected chi connectivity index (χ1v) is 12.3. The predicted molar refractivity (Wildman–Crippen MR) is 142 cm³/mol. The van der Waals surface area contributed by atoms with Crippen LogP contribution in [0.25, 0.3) is 28.8 Å². The van der Waals surface area contributed by atoms with Crippen LogP contribution in [0.5, 0.6) is 11.5 Å². The molecule has 196 valence electrons. The number of aryl methyl sites for hydroxylation is 1. The Morgan fingerprint density at radius 3 is 2.32 bits per heavy atom. The molecule has 0 spiro atoms. The minimum atomic E-state index is -1.15. The van der Waals surface area contributed by atoms with Crippen LogP contribution in [0.3, 0.4) is 0 Å². The number of hydrogen-bond donors (Lipinski definition) is 2. The Kier molecular flexibility index (Phi) is 7.87. The highest BCUT2D eigenvalue weighted by molar-refractivity contribution is 8.04. The van der Waals surface area contributed by atoms with E-state index in [2.05, 4.69) is 10.2 Å². The molecule has 4 aromatic rings. The summed E-state index contributed by atoms with van der Waals surface area (Å²) in [7, 11) is 3.11. The molecule has 0 amide bonds. The zero-order chi connectivity index (χ0) is 27.4. The lowest BCUT2D eigenvalue weighted by Gasteiger charge is -2.10. The minimum Gasteiger partial charge on any atom is -0.497 e. The van der Waals surface area contributed by atoms with Gasteiger partial charge in [-0.25, -0.2) is 9.59 Å². The fourth-order valence-electron chi connectivity index (χ4n) is 3.81. The summed E-state index contributed by atoms with van der Waals surface area (Å²) >= 11 is 0.955. The van der Waals surface area contributed by atoms with Crippen molar-refractivity contribution in [3.8, 4) is 34.2 Å². The molecule has 10 nitrogen and oxygen atoms in total. The van der Waals surface area contributed by atoms with Crippen LogP contribution in [-0.2, 0) is 11.3 Å². The van der Waals surface area contributed by atoms with Gasteiger partial charge in [0, 0.05) is 29.8 Å². The van der Waals surface area contributed by atoms with Crippen molar-refractivity contribution in [3.05, 3.63) is 70.3 Å². The topological polar surface area (TPSA) is 137 Å². The molecule has 0 aliphatic heterocycles. The highest BCUT2D eigenvalue weighted by Crippen LogP contribution is 2.34. The van der Waals surface area contributed by atoms with E-state index in [9.17, 15) is 19.8 Å². The molecule has 0 saturated heterocycles. The first kappa shape index (κ1) is 26.6. The van der Waals surface area contributed by atoms with Crippen molar-refractivity contribution in [2.75, 3.05) is 14.2 Å². The van der Waals surface area contributed by atoms with E-state index in [4.69, 9.17) is 13.9 Å². The van der Waals surface area contributed by atoms with Gasteiger partial charge in [0.05, 0.1) is 19.8 Å². The second-order valence-electron chi connectivity index (χ2n) is 8.10. The average Bonchev–Trinajstić information content (AvgIpc) is 3.54. The van der Waals surface area contributed by atoms with Gasteiger partial charge in [-0.1, -0.05) is 6.07 Å². The molecule has 2 aromatic heterocycles. The SMILES string of the molecule is CCn1c(S/C(=C\c2ccc(-c3ccc(C(=O)O)cc3C)o2)C(=O)O)nnc1-c1cc(OC)cc(OC)c1. The van der Waals surface area contributed by atoms with Crippen LogP contribution >= 0.6 is 11.8 Å². The van der Waals surface area contributed by atoms with Crippen molar-refractivity contribution >= 4 is 29.8 Å². The van der Waals surface area contributed by atoms with Crippen molar-refractivity contribution in [1.29, 1.82) is 0 Å². The van der Waals surface area contributed by atoms with E-state index in [1.54, 1.807) is 68.2 Å². The van der Waals surface area contributed by atoms with Crippen LogP contribution in [0.1, 0.15) is 28.6 Å². The number of aliphatic carboxylic acids is 1. The number of furan rings is 1. The largest absolute Gasteiger partial charge is 0.497 e. The van der Waals surface area contributed by atoms with Crippen molar-refractivity contribution in [2.24, 2.45) is 0 Å². The van der Waals surface area contributed by atoms with Crippen molar-refractivity contribution in [3.63, 3.8) is 0 Å². The van der Waals surface area contributed by atoms with Gasteiger partial charge in [-0.2, -0.15) is 0 Å². The Hall–Kier alpha value is -4.51. The minimum absolute atomic E-state index is 0.0132. The number of aromatic carboxylic acids is 1. The molecule has 2 N–H and O–H groups in total. The third-order valence-corrected chi connectivity index (χ3v) is 6.69. The molecular weight excluding hydrogens is 510 g/mol. The summed E-state index contributed by atoms with van der Waals surface area (Å²) in [6.45, 7) is 4.19. The lowest BCUT2D eigenvalue weighted by Crippen LogP contribution is -2.03. The Morgan fingerprint density at radius 1 is 1.03 bits per heavy atom. The maximum Gasteiger partial charge on any atom is 0.342 e. The van der Waals surface area contributed by atoms with Gasteiger partial charge < -0.3 is 28.7 Å². The van der Waals surface area contributed by atoms with Crippen LogP contribution in [-0.4, -0.2) is 51.1 Å². The van der Waals surface area contributed by atoms with E-state index in [0.717, 1.165) is 17.3 Å². The number of rotatable bonds is 10. The summed E-state index contributed by atoms with van der Waals surface area (Å²) in [6.07, 6.45) is 1.42. The van der Waals surface area contributed by atoms with E-state index in [0.29, 0.717) is 51.7 Å². The molecule has 0 fully saturated rings. The maximum atomic E-state index is 12.1. The van der Waals surface area contributed by atoms with E-state index < -0.39 is 11.9 Å². The summed E-state index contributed by atoms with van der Waals surface area (Å²) in [5, 5.41) is 28.0. The third-order valence-electron chi connectivity index (χ3n) is 5.69. The number of nitrogens with zero attached hydrogens (tertiary/aromatic N) is 3. The molecule has 0 atom stereocenters. The molecule has 2 aromatic carbocycles. The van der Waals surface area contributed by atoms with Crippen molar-refractivity contribution in [1.82, 2.24) is 14.8 Å². The molecule has 0 aliphatic carbocycles. The lowest BCUT2D eigenvalue weighted by molar-refractivity contribution is -0.131. The summed E-state index contributed by atoms with van der Waals surface area (Å²) in [4.78, 5) is 23.3. The van der Waals surface area contributed by atoms with Crippen LogP contribution < -0.4 is 9.47 Å². The fourth-order valence-corrected chi connectivity index (χ4v) is 4.68. The molecular formula is C27H25N3O7S. The van der Waals surface area contributed by atoms with Crippen LogP contribution in [0.4, 0.5) is 0 Å². The van der Waals surface area contributed by atoms with Gasteiger partial charge in [0.1, 0.15) is 27.9 Å². The molecule has 0 radical (unpaired) electrons. The molecule has 11 heteroatoms. The molecule has 0 saturated carbocycles. The molecule has 0 unspecified atom stereocenters. The summed E-state index contributed by atoms with van der Waals surface area (Å²) in [6, 6.07) is 13.4. The summed E-state index contributed by atoms with van der Waals surface area (Å²) < 4.78 is 18.4. The van der Waals surface area contributed by atoms with Gasteiger partial charge in [0.15, 0.2) is 11.0 Å². The molecule has 0 aliphatic rings. The first-order valence-electron chi connectivity index (χ1n) is 11.5. The Bertz CT molecular complexity index is 1520. The van der Waals surface area contributed by atoms with Crippen molar-refractivity contribution in [2.45, 2.75) is 25.5 Å². The number of thioether (sulfide) groups is 1. The Balaban J connectivity index is 1.65. The molecule has 4 rings (SSSR count). The lowest BCUT2D eigenvalue weighted by atomic mass is 10.0. The van der Waals surface area contributed by atoms with E-state index in [1.807, 2.05) is 6.92 Å². The van der Waals surface area contributed by atoms with Gasteiger partial charge >= 0.3 is 11.9 Å². The highest BCUT2D eigenvalue weighted by atomic mass is 32.2. The van der Waals surface area contributed by atoms with Crippen LogP contribution in [0.2, 0.25) is 0 Å². The quantitative estimate of drug-likeness (QED) is 0.199. The van der Waals surface area contributed by atoms with Gasteiger partial charge in [-0.15, -0.1) is 10.2 Å². The fraction of sp³-hybridized carbons (Fsp3) is 0.185. The number of methoxy groups -OCH3 is 2. The molecule has 38 heavy (non-hydrogen) atoms. The number of carboxylic acid groups (broad SMARTS) is 2. The number of carboxylic acids is 2. The summed E-state index contributed by atoms with van der Waals surface area (Å²) in [5.74, 6) is 0.374. The predicted octanol–water partition coefficient (Wildman–Crippen LogP) is 5.47. The first-order chi connectivity index (χ1) is 18.2. The number of carbonyl (C=O) groups is 2. The van der Waals surface area contributed by atoms with Crippen LogP contribution in [0.15, 0.2) is 63.0 Å². The number of benzene rings is 2. The second-order valence-corrected chi connectivity index (χ2v) is 9.11. The Morgan fingerprint density at radius 2 is 1.74 bits per heavy atom. The molecule has 2 heterocycles. The zero-order valence-electron chi connectivity index (χ0n) is 21.1. The second kappa shape index (κ2) is 11.3. The Labute approximate surface area is 222 Å². The average molecular weight is 536 g/mol. The number of hydrogen-bond acceptors (Lipinski definition) is 8. The summed E-state index contributed by atoms with van der Waals surface area (Å²) in [5.41, 5.74) is 2.32. The van der Waals surface area contributed by atoms with Gasteiger partial charge in [-0.05, 0) is 67.6 Å². The zero-order valence-corrected chi connectivity index (χ0v) is 21.9. The van der Waals surface area contributed by atoms with Gasteiger partial charge in [0.2, 0.25) is 0 Å². The highest BCUT2D eigenvalue weighted by Gasteiger charge is 2.20. The van der Waals surface area contributed by atoms with E-state index in [-0.39, 0.29) is 10.5 Å². The number of aromatic nitrogens is 3. The monoisotopic (exact) mass is 535 g/mol. The third kappa shape index (κ3) is 5.57. The number of ether oxygens (including phenoxy) is 2. The smallest absolute Gasteiger partial charge is 0.342 e. The van der Waals surface area contributed by atoms with Crippen molar-refractivity contribution < 1.29 is 33.7 Å². The van der Waals surface area contributed by atoms with E-state index >= 15 is 0 Å². The van der Waals surface area contributed by atoms with Crippen LogP contribution in [0, 0.1) is 6.92 Å². The standard InChI is InChI=1S/C27H25N3O7S/c1-5-30-24(17-11-19(35-3)13-20(12-17)36-4)28-29-27(30)38-23(26(33)34)14-18-7-9-22(37-18)21-8-6-16(25(31)32)10-15(21)2/h6-14H,5H2,1-4H3,(H,31,32)(H,33,34)/b23-14-. The molecule has 0 bridgehead atoms. The van der Waals surface area contributed by atoms with Gasteiger partial charge in [-0.3, -0.25) is 0 Å². The van der Waals surface area contributed by atoms with Gasteiger partial charge in [0.25, 0.3) is 0 Å². The van der Waals surface area contributed by atoms with E-state index in [1.165, 1.54) is 12.1 Å². The maximum absolute atomic E-state index is 12.1.